The predicted octanol–water partition coefficient (Wildman–Crippen LogP) is 4.09. The first kappa shape index (κ1) is 13.4. The summed E-state index contributed by atoms with van der Waals surface area (Å²) in [5, 5.41) is 0. The molecule has 112 valence electrons. The van der Waals surface area contributed by atoms with Crippen molar-refractivity contribution in [2.75, 3.05) is 6.54 Å². The Hall–Kier alpha value is -0.300. The van der Waals surface area contributed by atoms with Crippen LogP contribution in [0, 0.1) is 53.3 Å². The molecule has 1 heteroatoms. The zero-order valence-corrected chi connectivity index (χ0v) is 13.4. The van der Waals surface area contributed by atoms with E-state index >= 15 is 0 Å². The Labute approximate surface area is 124 Å². The molecular formula is C19H31N. The molecule has 2 N–H and O–H groups in total. The Morgan fingerprint density at radius 2 is 1.75 bits per heavy atom. The molecule has 9 unspecified atom stereocenters. The molecule has 0 radical (unpaired) electrons. The summed E-state index contributed by atoms with van der Waals surface area (Å²) in [5.74, 6) is 8.49. The first-order chi connectivity index (χ1) is 9.60. The summed E-state index contributed by atoms with van der Waals surface area (Å²) in [6.45, 7) is 8.35. The molecule has 0 aromatic rings. The summed E-state index contributed by atoms with van der Waals surface area (Å²) in [6, 6.07) is 0. The van der Waals surface area contributed by atoms with E-state index in [0.717, 1.165) is 59.8 Å². The number of rotatable bonds is 3. The Bertz CT molecular complexity index is 425. The van der Waals surface area contributed by atoms with Crippen molar-refractivity contribution in [2.24, 2.45) is 59.0 Å². The van der Waals surface area contributed by atoms with Gasteiger partial charge in [-0.05, 0) is 85.5 Å². The van der Waals surface area contributed by atoms with Crippen LogP contribution >= 0.6 is 0 Å². The molecule has 0 spiro atoms. The highest BCUT2D eigenvalue weighted by molar-refractivity contribution is 5.26. The van der Waals surface area contributed by atoms with Gasteiger partial charge in [-0.15, -0.1) is 0 Å². The third-order valence-corrected chi connectivity index (χ3v) is 7.93. The molecular weight excluding hydrogens is 242 g/mol. The second-order valence-corrected chi connectivity index (χ2v) is 8.60. The van der Waals surface area contributed by atoms with Gasteiger partial charge in [0.05, 0.1) is 0 Å². The fraction of sp³-hybridized carbons (Fsp3) is 0.895. The summed E-state index contributed by atoms with van der Waals surface area (Å²) >= 11 is 0. The Kier molecular flexibility index (Phi) is 3.07. The Balaban J connectivity index is 1.39. The van der Waals surface area contributed by atoms with Crippen molar-refractivity contribution >= 4 is 0 Å². The summed E-state index contributed by atoms with van der Waals surface area (Å²) in [5.41, 5.74) is 7.74. The number of nitrogens with two attached hydrogens (primary N) is 1. The zero-order chi connectivity index (χ0) is 14.0. The van der Waals surface area contributed by atoms with E-state index in [1.165, 1.54) is 25.7 Å². The van der Waals surface area contributed by atoms with Crippen LogP contribution in [-0.2, 0) is 0 Å². The Morgan fingerprint density at radius 3 is 2.25 bits per heavy atom. The van der Waals surface area contributed by atoms with Gasteiger partial charge in [-0.25, -0.2) is 0 Å². The lowest BCUT2D eigenvalue weighted by molar-refractivity contribution is -0.0506. The molecule has 1 nitrogen and oxygen atoms in total. The highest BCUT2D eigenvalue weighted by Gasteiger charge is 2.52. The lowest BCUT2D eigenvalue weighted by atomic mass is 9.49. The molecule has 0 aliphatic heterocycles. The first-order valence-corrected chi connectivity index (χ1v) is 9.01. The quantitative estimate of drug-likeness (QED) is 0.770. The van der Waals surface area contributed by atoms with Gasteiger partial charge in [0, 0.05) is 0 Å². The van der Waals surface area contributed by atoms with Crippen LogP contribution in [0.5, 0.6) is 0 Å². The molecule has 0 aromatic carbocycles. The van der Waals surface area contributed by atoms with Crippen molar-refractivity contribution in [3.05, 3.63) is 11.6 Å². The molecule has 0 amide bonds. The fourth-order valence-electron chi connectivity index (χ4n) is 6.23. The second-order valence-electron chi connectivity index (χ2n) is 8.60. The van der Waals surface area contributed by atoms with E-state index in [0.29, 0.717) is 0 Å². The minimum absolute atomic E-state index is 0.828. The molecule has 0 heterocycles. The largest absolute Gasteiger partial charge is 0.330 e. The van der Waals surface area contributed by atoms with Crippen molar-refractivity contribution in [3.8, 4) is 0 Å². The maximum absolute atomic E-state index is 5.85. The van der Waals surface area contributed by atoms with Gasteiger partial charge in [-0.3, -0.25) is 0 Å². The van der Waals surface area contributed by atoms with Gasteiger partial charge < -0.3 is 5.73 Å². The van der Waals surface area contributed by atoms with Crippen LogP contribution < -0.4 is 5.73 Å². The van der Waals surface area contributed by atoms with E-state index in [4.69, 9.17) is 5.73 Å². The van der Waals surface area contributed by atoms with Crippen molar-refractivity contribution in [1.82, 2.24) is 0 Å². The lowest BCUT2D eigenvalue weighted by Gasteiger charge is -2.56. The number of allylic oxidation sites excluding steroid dienone is 2. The topological polar surface area (TPSA) is 26.0 Å². The fourth-order valence-corrected chi connectivity index (χ4v) is 6.23. The highest BCUT2D eigenvalue weighted by Crippen LogP contribution is 2.60. The summed E-state index contributed by atoms with van der Waals surface area (Å²) in [7, 11) is 0. The van der Waals surface area contributed by atoms with Gasteiger partial charge in [0.15, 0.2) is 0 Å². The van der Waals surface area contributed by atoms with Crippen molar-refractivity contribution in [1.29, 1.82) is 0 Å². The van der Waals surface area contributed by atoms with Crippen LogP contribution in [-0.4, -0.2) is 6.54 Å². The van der Waals surface area contributed by atoms with E-state index in [9.17, 15) is 0 Å². The van der Waals surface area contributed by atoms with E-state index in [1.807, 2.05) is 5.57 Å². The first-order valence-electron chi connectivity index (χ1n) is 9.01. The van der Waals surface area contributed by atoms with Crippen molar-refractivity contribution in [3.63, 3.8) is 0 Å². The van der Waals surface area contributed by atoms with Crippen molar-refractivity contribution in [2.45, 2.75) is 46.5 Å². The molecule has 2 bridgehead atoms. The van der Waals surface area contributed by atoms with Gasteiger partial charge in [-0.2, -0.15) is 0 Å². The molecule has 3 saturated carbocycles. The van der Waals surface area contributed by atoms with E-state index < -0.39 is 0 Å². The molecule has 0 aromatic heterocycles. The van der Waals surface area contributed by atoms with Crippen LogP contribution in [0.25, 0.3) is 0 Å². The maximum Gasteiger partial charge on any atom is -0.00461 e. The number of hydrogen-bond acceptors (Lipinski definition) is 1. The zero-order valence-electron chi connectivity index (χ0n) is 13.4. The third kappa shape index (κ3) is 1.71. The van der Waals surface area contributed by atoms with E-state index in [2.05, 4.69) is 26.8 Å². The van der Waals surface area contributed by atoms with Crippen LogP contribution in [0.1, 0.15) is 46.5 Å². The van der Waals surface area contributed by atoms with Crippen LogP contribution in [0.3, 0.4) is 0 Å². The normalized spacial score (nSPS) is 57.2. The summed E-state index contributed by atoms with van der Waals surface area (Å²) in [6.07, 6.45) is 8.58. The molecule has 0 saturated heterocycles. The minimum atomic E-state index is 0.828. The summed E-state index contributed by atoms with van der Waals surface area (Å²) < 4.78 is 0. The maximum atomic E-state index is 5.85. The Morgan fingerprint density at radius 1 is 1.00 bits per heavy atom. The average molecular weight is 273 g/mol. The summed E-state index contributed by atoms with van der Waals surface area (Å²) in [4.78, 5) is 0. The number of hydrogen-bond donors (Lipinski definition) is 1. The van der Waals surface area contributed by atoms with Gasteiger partial charge in [-0.1, -0.05) is 32.4 Å². The molecule has 9 atom stereocenters. The third-order valence-electron chi connectivity index (χ3n) is 7.93. The highest BCUT2D eigenvalue weighted by atomic mass is 14.6. The minimum Gasteiger partial charge on any atom is -0.330 e. The van der Waals surface area contributed by atoms with Gasteiger partial charge >= 0.3 is 0 Å². The van der Waals surface area contributed by atoms with Crippen LogP contribution in [0.2, 0.25) is 0 Å². The second kappa shape index (κ2) is 4.60. The van der Waals surface area contributed by atoms with E-state index in [-0.39, 0.29) is 0 Å². The molecule has 4 aliphatic rings. The molecule has 3 fully saturated rings. The van der Waals surface area contributed by atoms with Gasteiger partial charge in [0.25, 0.3) is 0 Å². The average Bonchev–Trinajstić information content (AvgIpc) is 2.99. The predicted molar refractivity (Wildman–Crippen MR) is 84.0 cm³/mol. The van der Waals surface area contributed by atoms with Gasteiger partial charge in [0.1, 0.15) is 0 Å². The smallest absolute Gasteiger partial charge is 0.00461 e. The standard InChI is InChI=1S/C19H31N/c1-10-4-14-5-13(10)6-19(14)18-8-17(12(18)3)16-7-15(9-20)11(16)2/h6,10-18H,4-5,7-9,20H2,1-3H3. The molecule has 4 aliphatic carbocycles. The van der Waals surface area contributed by atoms with Crippen molar-refractivity contribution < 1.29 is 0 Å². The SMILES string of the molecule is CC1CC2CC1C=C2C1CC(C2CC(CN)C2C)C1C. The van der Waals surface area contributed by atoms with Gasteiger partial charge in [0.2, 0.25) is 0 Å². The van der Waals surface area contributed by atoms with Crippen LogP contribution in [0.15, 0.2) is 11.6 Å². The lowest BCUT2D eigenvalue weighted by Crippen LogP contribution is -2.51. The van der Waals surface area contributed by atoms with E-state index in [1.54, 1.807) is 0 Å². The molecule has 4 rings (SSSR count). The monoisotopic (exact) mass is 273 g/mol. The van der Waals surface area contributed by atoms with Crippen LogP contribution in [0.4, 0.5) is 0 Å². The molecule has 20 heavy (non-hydrogen) atoms. The number of fused-ring (bicyclic) bond motifs is 2.